The fraction of sp³-hybridized carbons (Fsp3) is 0.444. The minimum Gasteiger partial charge on any atom is -0.491 e. The molecule has 1 saturated heterocycles. The summed E-state index contributed by atoms with van der Waals surface area (Å²) < 4.78 is 18.3. The molecular formula is C18H23FN4O2. The molecule has 1 aliphatic heterocycles. The lowest BCUT2D eigenvalue weighted by Gasteiger charge is -2.26. The van der Waals surface area contributed by atoms with E-state index in [2.05, 4.69) is 20.4 Å². The van der Waals surface area contributed by atoms with Crippen molar-refractivity contribution in [3.05, 3.63) is 48.4 Å². The maximum absolute atomic E-state index is 12.8. The first-order valence-corrected chi connectivity index (χ1v) is 8.54. The molecule has 0 spiro atoms. The fourth-order valence-electron chi connectivity index (χ4n) is 2.99. The molecule has 7 heteroatoms. The monoisotopic (exact) mass is 346 g/mol. The van der Waals surface area contributed by atoms with Crippen molar-refractivity contribution in [3.8, 4) is 5.75 Å². The van der Waals surface area contributed by atoms with Gasteiger partial charge in [-0.3, -0.25) is 0 Å². The van der Waals surface area contributed by atoms with Crippen LogP contribution in [0.5, 0.6) is 5.75 Å². The Labute approximate surface area is 146 Å². The summed E-state index contributed by atoms with van der Waals surface area (Å²) in [6.45, 7) is 2.34. The van der Waals surface area contributed by atoms with Crippen molar-refractivity contribution in [2.24, 2.45) is 0 Å². The number of aliphatic hydroxyl groups is 1. The molecular weight excluding hydrogens is 323 g/mol. The lowest BCUT2D eigenvalue weighted by molar-refractivity contribution is 0.106. The van der Waals surface area contributed by atoms with E-state index in [4.69, 9.17) is 4.74 Å². The normalized spacial score (nSPS) is 18.3. The van der Waals surface area contributed by atoms with Gasteiger partial charge in [0, 0.05) is 31.9 Å². The maximum atomic E-state index is 12.8. The Kier molecular flexibility index (Phi) is 6.14. The average molecular weight is 346 g/mol. The van der Waals surface area contributed by atoms with Gasteiger partial charge in [-0.05, 0) is 49.2 Å². The zero-order valence-electron chi connectivity index (χ0n) is 14.0. The lowest BCUT2D eigenvalue weighted by Crippen LogP contribution is -2.41. The van der Waals surface area contributed by atoms with E-state index in [0.717, 1.165) is 31.7 Å². The van der Waals surface area contributed by atoms with Crippen LogP contribution in [0.4, 0.5) is 10.2 Å². The molecule has 1 aromatic carbocycles. The van der Waals surface area contributed by atoms with Gasteiger partial charge in [-0.15, -0.1) is 5.10 Å². The minimum atomic E-state index is -0.628. The standard InChI is InChI=1S/C18H23FN4O2/c19-14-5-7-17(8-6-14)25-13-16(24)12-20-11-15-3-2-10-23(15)18-4-1-9-21-22-18/h1,4-9,15-16,20,24H,2-3,10-13H2/t15-,16-/m1/s1. The molecule has 6 nitrogen and oxygen atoms in total. The van der Waals surface area contributed by atoms with Crippen LogP contribution in [0.15, 0.2) is 42.6 Å². The van der Waals surface area contributed by atoms with E-state index in [1.807, 2.05) is 12.1 Å². The van der Waals surface area contributed by atoms with Gasteiger partial charge >= 0.3 is 0 Å². The van der Waals surface area contributed by atoms with E-state index in [9.17, 15) is 9.50 Å². The van der Waals surface area contributed by atoms with Crippen LogP contribution >= 0.6 is 0 Å². The van der Waals surface area contributed by atoms with Gasteiger partial charge < -0.3 is 20.1 Å². The van der Waals surface area contributed by atoms with Gasteiger partial charge in [0.25, 0.3) is 0 Å². The third kappa shape index (κ3) is 5.11. The molecule has 0 radical (unpaired) electrons. The average Bonchev–Trinajstić information content (AvgIpc) is 3.10. The number of aliphatic hydroxyl groups excluding tert-OH is 1. The number of aromatic nitrogens is 2. The van der Waals surface area contributed by atoms with E-state index in [0.29, 0.717) is 18.3 Å². The predicted octanol–water partition coefficient (Wildman–Crippen LogP) is 1.61. The molecule has 1 aromatic heterocycles. The van der Waals surface area contributed by atoms with Gasteiger partial charge in [0.2, 0.25) is 0 Å². The topological polar surface area (TPSA) is 70.5 Å². The van der Waals surface area contributed by atoms with Crippen LogP contribution in [0.25, 0.3) is 0 Å². The Morgan fingerprint density at radius 2 is 2.16 bits per heavy atom. The second-order valence-corrected chi connectivity index (χ2v) is 6.15. The number of halogens is 1. The summed E-state index contributed by atoms with van der Waals surface area (Å²) in [6, 6.07) is 9.97. The van der Waals surface area contributed by atoms with Crippen LogP contribution in [0, 0.1) is 5.82 Å². The molecule has 0 aliphatic carbocycles. The molecule has 0 amide bonds. The molecule has 2 N–H and O–H groups in total. The van der Waals surface area contributed by atoms with E-state index in [1.165, 1.54) is 12.1 Å². The highest BCUT2D eigenvalue weighted by atomic mass is 19.1. The van der Waals surface area contributed by atoms with Crippen LogP contribution in [0.3, 0.4) is 0 Å². The van der Waals surface area contributed by atoms with Gasteiger partial charge in [-0.1, -0.05) is 0 Å². The zero-order chi connectivity index (χ0) is 17.5. The minimum absolute atomic E-state index is 0.164. The number of hydrogen-bond donors (Lipinski definition) is 2. The van der Waals surface area contributed by atoms with Crippen LogP contribution in [-0.4, -0.2) is 53.7 Å². The largest absolute Gasteiger partial charge is 0.491 e. The van der Waals surface area contributed by atoms with Crippen molar-refractivity contribution in [2.75, 3.05) is 31.1 Å². The molecule has 3 rings (SSSR count). The highest BCUT2D eigenvalue weighted by molar-refractivity contribution is 5.39. The molecule has 134 valence electrons. The summed E-state index contributed by atoms with van der Waals surface area (Å²) in [4.78, 5) is 2.25. The highest BCUT2D eigenvalue weighted by Crippen LogP contribution is 2.22. The van der Waals surface area contributed by atoms with Crippen LogP contribution in [0.1, 0.15) is 12.8 Å². The van der Waals surface area contributed by atoms with Crippen molar-refractivity contribution in [3.63, 3.8) is 0 Å². The number of benzene rings is 1. The van der Waals surface area contributed by atoms with E-state index in [1.54, 1.807) is 18.3 Å². The third-order valence-electron chi connectivity index (χ3n) is 4.25. The summed E-state index contributed by atoms with van der Waals surface area (Å²) in [5.41, 5.74) is 0. The number of rotatable bonds is 8. The summed E-state index contributed by atoms with van der Waals surface area (Å²) in [5.74, 6) is 1.14. The molecule has 2 heterocycles. The van der Waals surface area contributed by atoms with E-state index in [-0.39, 0.29) is 12.4 Å². The van der Waals surface area contributed by atoms with Crippen molar-refractivity contribution in [1.82, 2.24) is 15.5 Å². The van der Waals surface area contributed by atoms with Gasteiger partial charge in [0.15, 0.2) is 5.82 Å². The number of nitrogens with zero attached hydrogens (tertiary/aromatic N) is 3. The van der Waals surface area contributed by atoms with Crippen LogP contribution in [-0.2, 0) is 0 Å². The van der Waals surface area contributed by atoms with Crippen molar-refractivity contribution < 1.29 is 14.2 Å². The highest BCUT2D eigenvalue weighted by Gasteiger charge is 2.25. The van der Waals surface area contributed by atoms with Crippen molar-refractivity contribution in [1.29, 1.82) is 0 Å². The van der Waals surface area contributed by atoms with E-state index >= 15 is 0 Å². The fourth-order valence-corrected chi connectivity index (χ4v) is 2.99. The smallest absolute Gasteiger partial charge is 0.151 e. The lowest BCUT2D eigenvalue weighted by atomic mass is 10.2. The van der Waals surface area contributed by atoms with Crippen LogP contribution in [0.2, 0.25) is 0 Å². The van der Waals surface area contributed by atoms with E-state index < -0.39 is 6.10 Å². The molecule has 0 bridgehead atoms. The first-order valence-electron chi connectivity index (χ1n) is 8.54. The van der Waals surface area contributed by atoms with Gasteiger partial charge in [-0.2, -0.15) is 5.10 Å². The molecule has 0 saturated carbocycles. The Morgan fingerprint density at radius 1 is 1.32 bits per heavy atom. The van der Waals surface area contributed by atoms with Crippen LogP contribution < -0.4 is 15.0 Å². The summed E-state index contributed by atoms with van der Waals surface area (Å²) in [6.07, 6.45) is 3.26. The molecule has 0 unspecified atom stereocenters. The molecule has 2 aromatic rings. The molecule has 25 heavy (non-hydrogen) atoms. The number of hydrogen-bond acceptors (Lipinski definition) is 6. The van der Waals surface area contributed by atoms with Gasteiger partial charge in [0.1, 0.15) is 24.3 Å². The summed E-state index contributed by atoms with van der Waals surface area (Å²) in [7, 11) is 0. The molecule has 1 fully saturated rings. The third-order valence-corrected chi connectivity index (χ3v) is 4.25. The zero-order valence-corrected chi connectivity index (χ0v) is 14.0. The SMILES string of the molecule is O[C@H](CNC[C@H]1CCCN1c1cccnn1)COc1ccc(F)cc1. The van der Waals surface area contributed by atoms with Gasteiger partial charge in [0.05, 0.1) is 0 Å². The number of nitrogens with one attached hydrogen (secondary N) is 1. The van der Waals surface area contributed by atoms with Gasteiger partial charge in [-0.25, -0.2) is 4.39 Å². The Balaban J connectivity index is 1.39. The first-order chi connectivity index (χ1) is 12.2. The quantitative estimate of drug-likeness (QED) is 0.757. The second kappa shape index (κ2) is 8.73. The second-order valence-electron chi connectivity index (χ2n) is 6.15. The Hall–Kier alpha value is -2.25. The maximum Gasteiger partial charge on any atom is 0.151 e. The summed E-state index contributed by atoms with van der Waals surface area (Å²) in [5, 5.41) is 21.4. The first kappa shape index (κ1) is 17.6. The molecule has 1 aliphatic rings. The van der Waals surface area contributed by atoms with Crippen molar-refractivity contribution in [2.45, 2.75) is 25.0 Å². The predicted molar refractivity (Wildman–Crippen MR) is 93.2 cm³/mol. The number of anilines is 1. The number of ether oxygens (including phenoxy) is 1. The summed E-state index contributed by atoms with van der Waals surface area (Å²) >= 11 is 0. The molecule has 2 atom stereocenters. The van der Waals surface area contributed by atoms with Crippen molar-refractivity contribution >= 4 is 5.82 Å². The Morgan fingerprint density at radius 3 is 2.92 bits per heavy atom. The Bertz CT molecular complexity index is 641.